The van der Waals surface area contributed by atoms with E-state index in [4.69, 9.17) is 0 Å². The summed E-state index contributed by atoms with van der Waals surface area (Å²) in [4.78, 5) is 13.6. The van der Waals surface area contributed by atoms with Crippen molar-refractivity contribution in [3.63, 3.8) is 0 Å². The van der Waals surface area contributed by atoms with Crippen LogP contribution in [-0.2, 0) is 4.79 Å². The highest BCUT2D eigenvalue weighted by Crippen LogP contribution is 2.44. The average Bonchev–Trinajstić information content (AvgIpc) is 3.13. The zero-order valence-corrected chi connectivity index (χ0v) is 19.3. The minimum absolute atomic E-state index is 0.153. The van der Waals surface area contributed by atoms with Gasteiger partial charge in [0.05, 0.1) is 6.07 Å². The van der Waals surface area contributed by atoms with Gasteiger partial charge in [0.15, 0.2) is 0 Å². The monoisotopic (exact) mass is 465 g/mol. The molecule has 0 aromatic heterocycles. The van der Waals surface area contributed by atoms with Crippen LogP contribution in [0.25, 0.3) is 0 Å². The highest BCUT2D eigenvalue weighted by atomic mass is 19.4. The average molecular weight is 466 g/mol. The molecule has 1 saturated heterocycles. The van der Waals surface area contributed by atoms with Crippen LogP contribution >= 0.6 is 0 Å². The summed E-state index contributed by atoms with van der Waals surface area (Å²) < 4.78 is 38.6. The molecule has 3 aliphatic rings. The number of hydrogen-bond donors (Lipinski definition) is 3. The van der Waals surface area contributed by atoms with Crippen LogP contribution in [-0.4, -0.2) is 54.7 Å². The number of hydrogen-bond acceptors (Lipinski definition) is 5. The molecule has 0 radical (unpaired) electrons. The van der Waals surface area contributed by atoms with Gasteiger partial charge in [-0.05, 0) is 63.2 Å². The first kappa shape index (κ1) is 25.2. The molecule has 3 N–H and O–H groups in total. The van der Waals surface area contributed by atoms with Crippen LogP contribution in [0.15, 0.2) is 36.2 Å². The number of carbonyl (C=O) groups excluding carboxylic acids is 1. The normalized spacial score (nSPS) is 28.8. The zero-order chi connectivity index (χ0) is 24.2. The molecule has 9 heteroatoms. The minimum Gasteiger partial charge on any atom is -0.386 e. The van der Waals surface area contributed by atoms with Crippen molar-refractivity contribution in [3.8, 4) is 6.07 Å². The maximum atomic E-state index is 12.9. The zero-order valence-electron chi connectivity index (χ0n) is 19.3. The Hall–Kier alpha value is -2.47. The fourth-order valence-electron chi connectivity index (χ4n) is 5.01. The first-order valence-electron chi connectivity index (χ1n) is 11.7. The molecule has 0 spiro atoms. The number of halogens is 3. The van der Waals surface area contributed by atoms with Crippen molar-refractivity contribution >= 4 is 5.91 Å². The molecule has 0 bridgehead atoms. The first-order chi connectivity index (χ1) is 15.6. The number of likely N-dealkylation sites (tertiary alicyclic amines) is 1. The van der Waals surface area contributed by atoms with Crippen LogP contribution in [0, 0.1) is 22.7 Å². The second-order valence-corrected chi connectivity index (χ2v) is 9.32. The number of amides is 1. The van der Waals surface area contributed by atoms with Gasteiger partial charge in [-0.15, -0.1) is 0 Å². The Balaban J connectivity index is 1.52. The lowest BCUT2D eigenvalue weighted by molar-refractivity contribution is -0.154. The molecule has 1 aliphatic heterocycles. The third-order valence-corrected chi connectivity index (χ3v) is 7.19. The van der Waals surface area contributed by atoms with Gasteiger partial charge in [0.25, 0.3) is 0 Å². The van der Waals surface area contributed by atoms with Gasteiger partial charge in [0.1, 0.15) is 11.5 Å². The Kier molecular flexibility index (Phi) is 7.78. The highest BCUT2D eigenvalue weighted by Gasteiger charge is 2.44. The Morgan fingerprint density at radius 1 is 1.33 bits per heavy atom. The second-order valence-electron chi connectivity index (χ2n) is 9.32. The van der Waals surface area contributed by atoms with Crippen LogP contribution in [0.1, 0.15) is 46.0 Å². The van der Waals surface area contributed by atoms with E-state index in [0.717, 1.165) is 37.7 Å². The number of nitrogens with one attached hydrogen (secondary N) is 3. The predicted molar refractivity (Wildman–Crippen MR) is 121 cm³/mol. The van der Waals surface area contributed by atoms with Crippen molar-refractivity contribution in [1.82, 2.24) is 20.9 Å². The van der Waals surface area contributed by atoms with Crippen LogP contribution in [0.5, 0.6) is 0 Å². The van der Waals surface area contributed by atoms with Gasteiger partial charge in [-0.2, -0.15) is 18.4 Å². The Morgan fingerprint density at radius 3 is 2.55 bits per heavy atom. The third-order valence-electron chi connectivity index (χ3n) is 7.19. The molecule has 0 aromatic carbocycles. The maximum absolute atomic E-state index is 12.9. The number of nitrogens with zero attached hydrogens (tertiary/aromatic N) is 2. The van der Waals surface area contributed by atoms with Gasteiger partial charge in [0, 0.05) is 43.1 Å². The van der Waals surface area contributed by atoms with E-state index in [-0.39, 0.29) is 18.0 Å². The summed E-state index contributed by atoms with van der Waals surface area (Å²) in [6, 6.07) is 0.984. The Morgan fingerprint density at radius 2 is 2.00 bits per heavy atom. The summed E-state index contributed by atoms with van der Waals surface area (Å²) in [5.74, 6) is 0.274. The highest BCUT2D eigenvalue weighted by molar-refractivity contribution is 5.87. The molecule has 6 nitrogen and oxygen atoms in total. The first-order valence-corrected chi connectivity index (χ1v) is 11.7. The summed E-state index contributed by atoms with van der Waals surface area (Å²) >= 11 is 0. The van der Waals surface area contributed by atoms with Crippen LogP contribution in [0.3, 0.4) is 0 Å². The predicted octanol–water partition coefficient (Wildman–Crippen LogP) is 3.36. The molecule has 2 aliphatic carbocycles. The Bertz CT molecular complexity index is 832. The smallest absolute Gasteiger partial charge is 0.386 e. The van der Waals surface area contributed by atoms with Gasteiger partial charge in [-0.25, -0.2) is 0 Å². The SMILES string of the molecule is C=CC(=O)NC1CC(CNC2=CC=C(N3CCC(NC(C)C(F)(F)F)CC3)[C@]2(C#N)CC)C1. The van der Waals surface area contributed by atoms with Crippen LogP contribution in [0.4, 0.5) is 13.2 Å². The van der Waals surface area contributed by atoms with E-state index < -0.39 is 17.6 Å². The number of carbonyl (C=O) groups is 1. The van der Waals surface area contributed by atoms with Crippen molar-refractivity contribution < 1.29 is 18.0 Å². The van der Waals surface area contributed by atoms with Gasteiger partial charge in [0.2, 0.25) is 5.91 Å². The van der Waals surface area contributed by atoms with Crippen LogP contribution < -0.4 is 16.0 Å². The molecular weight excluding hydrogens is 431 g/mol. The van der Waals surface area contributed by atoms with E-state index >= 15 is 0 Å². The number of alkyl halides is 3. The molecule has 2 fully saturated rings. The maximum Gasteiger partial charge on any atom is 0.403 e. The fourth-order valence-corrected chi connectivity index (χ4v) is 5.01. The molecule has 2 atom stereocenters. The van der Waals surface area contributed by atoms with E-state index in [0.29, 0.717) is 38.3 Å². The third kappa shape index (κ3) is 5.55. The van der Waals surface area contributed by atoms with Crippen molar-refractivity contribution in [2.24, 2.45) is 11.3 Å². The van der Waals surface area contributed by atoms with Crippen molar-refractivity contribution in [1.29, 1.82) is 5.26 Å². The fraction of sp³-hybridized carbons (Fsp3) is 0.667. The molecule has 1 amide bonds. The van der Waals surface area contributed by atoms with Crippen molar-refractivity contribution in [3.05, 3.63) is 36.2 Å². The molecule has 1 heterocycles. The molecule has 1 saturated carbocycles. The van der Waals surface area contributed by atoms with Crippen molar-refractivity contribution in [2.75, 3.05) is 19.6 Å². The minimum atomic E-state index is -4.24. The Labute approximate surface area is 194 Å². The van der Waals surface area contributed by atoms with Crippen LogP contribution in [0.2, 0.25) is 0 Å². The van der Waals surface area contributed by atoms with E-state index in [1.54, 1.807) is 0 Å². The second kappa shape index (κ2) is 10.2. The quantitative estimate of drug-likeness (QED) is 0.455. The van der Waals surface area contributed by atoms with Gasteiger partial charge < -0.3 is 20.9 Å². The van der Waals surface area contributed by atoms with E-state index in [1.807, 2.05) is 19.1 Å². The lowest BCUT2D eigenvalue weighted by Gasteiger charge is -2.41. The largest absolute Gasteiger partial charge is 0.403 e. The summed E-state index contributed by atoms with van der Waals surface area (Å²) in [7, 11) is 0. The van der Waals surface area contributed by atoms with Gasteiger partial charge >= 0.3 is 6.18 Å². The molecule has 1 unspecified atom stereocenters. The molecular formula is C24H34F3N5O. The molecule has 33 heavy (non-hydrogen) atoms. The lowest BCUT2D eigenvalue weighted by Crippen LogP contribution is -2.51. The summed E-state index contributed by atoms with van der Waals surface area (Å²) in [5, 5.41) is 19.2. The molecule has 0 aromatic rings. The molecule has 3 rings (SSSR count). The van der Waals surface area contributed by atoms with Gasteiger partial charge in [-0.3, -0.25) is 4.79 Å². The van der Waals surface area contributed by atoms with Gasteiger partial charge in [-0.1, -0.05) is 13.5 Å². The topological polar surface area (TPSA) is 80.2 Å². The summed E-state index contributed by atoms with van der Waals surface area (Å²) in [6.45, 7) is 8.58. The number of piperidine rings is 1. The lowest BCUT2D eigenvalue weighted by atomic mass is 9.78. The summed E-state index contributed by atoms with van der Waals surface area (Å²) in [5.41, 5.74) is 1.05. The van der Waals surface area contributed by atoms with E-state index in [9.17, 15) is 23.2 Å². The number of rotatable bonds is 9. The number of allylic oxidation sites excluding steroid dienone is 2. The van der Waals surface area contributed by atoms with Crippen molar-refractivity contribution in [2.45, 2.75) is 70.3 Å². The van der Waals surface area contributed by atoms with E-state index in [2.05, 4.69) is 33.5 Å². The molecule has 182 valence electrons. The van der Waals surface area contributed by atoms with E-state index in [1.165, 1.54) is 6.08 Å². The number of nitriles is 1. The summed E-state index contributed by atoms with van der Waals surface area (Å²) in [6.07, 6.45) is 4.58. The standard InChI is InChI=1S/C24H34F3N5O/c1-4-22(33)31-19-12-17(13-19)14-29-20-6-7-21(23(20,5-2)15-28)32-10-8-18(9-11-32)30-16(3)24(25,26)27/h4,6-7,16-19,29-30H,1,5,8-14H2,2-3H3,(H,31,33)/t16?,17?,19?,23-/m0/s1.